The Hall–Kier alpha value is -0.670. The molecule has 2 heterocycles. The Bertz CT molecular complexity index is 408. The van der Waals surface area contributed by atoms with Crippen molar-refractivity contribution in [2.24, 2.45) is 5.73 Å². The zero-order valence-electron chi connectivity index (χ0n) is 8.23. The zero-order chi connectivity index (χ0) is 11.7. The molecule has 1 unspecified atom stereocenters. The molecule has 0 bridgehead atoms. The van der Waals surface area contributed by atoms with Crippen LogP contribution >= 0.6 is 31.9 Å². The quantitative estimate of drug-likeness (QED) is 0.759. The van der Waals surface area contributed by atoms with Gasteiger partial charge in [0.1, 0.15) is 6.17 Å². The number of urea groups is 1. The molecule has 0 aromatic carbocycles. The molecular formula is C7H10Br2N6O. The Morgan fingerprint density at radius 2 is 2.31 bits per heavy atom. The third-order valence-corrected chi connectivity index (χ3v) is 3.22. The Labute approximate surface area is 109 Å². The van der Waals surface area contributed by atoms with Crippen molar-refractivity contribution < 1.29 is 4.79 Å². The van der Waals surface area contributed by atoms with E-state index in [4.69, 9.17) is 5.73 Å². The van der Waals surface area contributed by atoms with Gasteiger partial charge < -0.3 is 16.0 Å². The van der Waals surface area contributed by atoms with Gasteiger partial charge in [-0.1, -0.05) is 0 Å². The largest absolute Gasteiger partial charge is 0.351 e. The maximum Gasteiger partial charge on any atom is 0.316 e. The average molecular weight is 354 g/mol. The van der Waals surface area contributed by atoms with Gasteiger partial charge in [0.2, 0.25) is 4.73 Å². The van der Waals surface area contributed by atoms with Gasteiger partial charge in [-0.05, 0) is 31.9 Å². The van der Waals surface area contributed by atoms with E-state index in [1.165, 1.54) is 0 Å². The van der Waals surface area contributed by atoms with Crippen molar-refractivity contribution in [3.63, 3.8) is 0 Å². The first-order valence-electron chi connectivity index (χ1n) is 4.64. The molecular weight excluding hydrogens is 344 g/mol. The molecule has 1 fully saturated rings. The highest BCUT2D eigenvalue weighted by atomic mass is 79.9. The molecule has 1 atom stereocenters. The third kappa shape index (κ3) is 2.20. The van der Waals surface area contributed by atoms with E-state index in [1.807, 2.05) is 0 Å². The molecule has 9 heteroatoms. The van der Waals surface area contributed by atoms with Crippen molar-refractivity contribution in [3.8, 4) is 0 Å². The molecule has 2 rings (SSSR count). The Morgan fingerprint density at radius 1 is 1.56 bits per heavy atom. The van der Waals surface area contributed by atoms with Crippen LogP contribution in [0.3, 0.4) is 0 Å². The summed E-state index contributed by atoms with van der Waals surface area (Å²) in [6.07, 6.45) is -0.251. The second-order valence-electron chi connectivity index (χ2n) is 3.31. The number of amides is 2. The molecule has 1 aromatic heterocycles. The molecule has 1 aliphatic rings. The molecule has 1 aromatic rings. The van der Waals surface area contributed by atoms with Crippen LogP contribution in [0.5, 0.6) is 0 Å². The van der Waals surface area contributed by atoms with E-state index < -0.39 is 6.03 Å². The van der Waals surface area contributed by atoms with Crippen LogP contribution in [0.25, 0.3) is 0 Å². The number of hydrogen-bond donors (Lipinski definition) is 2. The van der Waals surface area contributed by atoms with Gasteiger partial charge in [0.25, 0.3) is 0 Å². The number of nitrogens with two attached hydrogens (primary N) is 1. The number of carbonyl (C=O) groups excluding carboxylic acids is 1. The highest BCUT2D eigenvalue weighted by Gasteiger charge is 2.28. The summed E-state index contributed by atoms with van der Waals surface area (Å²) in [7, 11) is 0. The lowest BCUT2D eigenvalue weighted by Crippen LogP contribution is -2.52. The second-order valence-corrected chi connectivity index (χ2v) is 4.73. The van der Waals surface area contributed by atoms with E-state index in [0.717, 1.165) is 6.54 Å². The van der Waals surface area contributed by atoms with Gasteiger partial charge in [-0.15, -0.1) is 5.10 Å². The lowest BCUT2D eigenvalue weighted by Gasteiger charge is -2.34. The summed E-state index contributed by atoms with van der Waals surface area (Å²) in [5.41, 5.74) is 5.32. The third-order valence-electron chi connectivity index (χ3n) is 2.35. The molecule has 0 spiro atoms. The molecule has 1 aliphatic heterocycles. The van der Waals surface area contributed by atoms with Crippen molar-refractivity contribution >= 4 is 37.9 Å². The van der Waals surface area contributed by atoms with Gasteiger partial charge in [-0.25, -0.2) is 9.48 Å². The molecule has 7 nitrogen and oxygen atoms in total. The summed E-state index contributed by atoms with van der Waals surface area (Å²) in [5, 5.41) is 7.33. The van der Waals surface area contributed by atoms with Crippen molar-refractivity contribution in [2.75, 3.05) is 19.6 Å². The van der Waals surface area contributed by atoms with Crippen LogP contribution in [0, 0.1) is 0 Å². The number of aromatic nitrogens is 3. The number of primary amides is 1. The summed E-state index contributed by atoms with van der Waals surface area (Å²) >= 11 is 6.46. The van der Waals surface area contributed by atoms with Crippen LogP contribution in [-0.4, -0.2) is 45.3 Å². The number of nitrogens with zero attached hydrogens (tertiary/aromatic N) is 4. The number of halogens is 2. The lowest BCUT2D eigenvalue weighted by atomic mass is 10.3. The van der Waals surface area contributed by atoms with Crippen molar-refractivity contribution in [1.29, 1.82) is 0 Å². The summed E-state index contributed by atoms with van der Waals surface area (Å²) in [6.45, 7) is 1.88. The molecule has 1 saturated heterocycles. The number of nitrogens with one attached hydrogen (secondary N) is 1. The minimum Gasteiger partial charge on any atom is -0.351 e. The fourth-order valence-electron chi connectivity index (χ4n) is 1.63. The van der Waals surface area contributed by atoms with Gasteiger partial charge in [-0.3, -0.25) is 0 Å². The summed E-state index contributed by atoms with van der Waals surface area (Å²) < 4.78 is 2.63. The van der Waals surface area contributed by atoms with Gasteiger partial charge in [0.15, 0.2) is 4.73 Å². The first kappa shape index (κ1) is 11.8. The summed E-state index contributed by atoms with van der Waals surface area (Å²) in [5.74, 6) is 0. The predicted octanol–water partition coefficient (Wildman–Crippen LogP) is 0.286. The zero-order valence-corrected chi connectivity index (χ0v) is 11.4. The minimum atomic E-state index is -0.454. The standard InChI is InChI=1S/C7H10Br2N6O/c8-5-12-6(9)15(13-5)4-3-11-1-2-14(4)7(10)16/h4,11H,1-3H2,(H2,10,16). The monoisotopic (exact) mass is 352 g/mol. The topological polar surface area (TPSA) is 89.1 Å². The van der Waals surface area contributed by atoms with Gasteiger partial charge >= 0.3 is 6.03 Å². The molecule has 16 heavy (non-hydrogen) atoms. The van der Waals surface area contributed by atoms with Gasteiger partial charge in [-0.2, -0.15) is 4.98 Å². The first-order valence-corrected chi connectivity index (χ1v) is 6.22. The highest BCUT2D eigenvalue weighted by Crippen LogP contribution is 2.20. The van der Waals surface area contributed by atoms with E-state index in [9.17, 15) is 4.79 Å². The Balaban J connectivity index is 2.29. The van der Waals surface area contributed by atoms with Crippen LogP contribution < -0.4 is 11.1 Å². The van der Waals surface area contributed by atoms with Crippen LogP contribution in [0.2, 0.25) is 0 Å². The molecule has 2 amide bonds. The summed E-state index contributed by atoms with van der Waals surface area (Å²) in [6, 6.07) is -0.454. The van der Waals surface area contributed by atoms with Crippen molar-refractivity contribution in [2.45, 2.75) is 6.17 Å². The Kier molecular flexibility index (Phi) is 3.45. The number of hydrogen-bond acceptors (Lipinski definition) is 4. The second kappa shape index (κ2) is 4.68. The highest BCUT2D eigenvalue weighted by molar-refractivity contribution is 9.11. The van der Waals surface area contributed by atoms with Gasteiger partial charge in [0.05, 0.1) is 0 Å². The maximum absolute atomic E-state index is 11.3. The molecule has 0 saturated carbocycles. The fourth-order valence-corrected chi connectivity index (χ4v) is 2.70. The summed E-state index contributed by atoms with van der Waals surface area (Å²) in [4.78, 5) is 16.9. The van der Waals surface area contributed by atoms with E-state index in [0.29, 0.717) is 22.6 Å². The molecule has 0 radical (unpaired) electrons. The Morgan fingerprint density at radius 3 is 2.88 bits per heavy atom. The van der Waals surface area contributed by atoms with Crippen LogP contribution in [0.15, 0.2) is 9.47 Å². The van der Waals surface area contributed by atoms with E-state index in [2.05, 4.69) is 47.3 Å². The van der Waals surface area contributed by atoms with Crippen molar-refractivity contribution in [1.82, 2.24) is 25.0 Å². The average Bonchev–Trinajstić information content (AvgIpc) is 2.57. The molecule has 0 aliphatic carbocycles. The number of carbonyl (C=O) groups is 1. The SMILES string of the molecule is NC(=O)N1CCNCC1n1nc(Br)nc1Br. The van der Waals surface area contributed by atoms with Crippen molar-refractivity contribution in [3.05, 3.63) is 9.47 Å². The first-order chi connectivity index (χ1) is 7.59. The van der Waals surface area contributed by atoms with E-state index in [-0.39, 0.29) is 6.17 Å². The molecule has 88 valence electrons. The number of rotatable bonds is 1. The van der Waals surface area contributed by atoms with E-state index in [1.54, 1.807) is 9.58 Å². The van der Waals surface area contributed by atoms with Crippen LogP contribution in [-0.2, 0) is 0 Å². The van der Waals surface area contributed by atoms with Crippen LogP contribution in [0.1, 0.15) is 6.17 Å². The van der Waals surface area contributed by atoms with E-state index >= 15 is 0 Å². The minimum absolute atomic E-state index is 0.251. The van der Waals surface area contributed by atoms with Gasteiger partial charge in [0, 0.05) is 19.6 Å². The normalized spacial score (nSPS) is 21.1. The predicted molar refractivity (Wildman–Crippen MR) is 63.6 cm³/mol. The fraction of sp³-hybridized carbons (Fsp3) is 0.571. The smallest absolute Gasteiger partial charge is 0.316 e. The maximum atomic E-state index is 11.3. The lowest BCUT2D eigenvalue weighted by molar-refractivity contribution is 0.122. The number of piperazine rings is 1. The van der Waals surface area contributed by atoms with Crippen LogP contribution in [0.4, 0.5) is 4.79 Å². The molecule has 3 N–H and O–H groups in total.